The molecule has 2 amide bonds. The Kier molecular flexibility index (Phi) is 5.51. The van der Waals surface area contributed by atoms with Gasteiger partial charge in [-0.3, -0.25) is 9.59 Å². The van der Waals surface area contributed by atoms with Gasteiger partial charge in [-0.15, -0.1) is 0 Å². The van der Waals surface area contributed by atoms with E-state index >= 15 is 0 Å². The minimum Gasteiger partial charge on any atom is -0.374 e. The van der Waals surface area contributed by atoms with Crippen molar-refractivity contribution in [1.82, 2.24) is 5.32 Å². The largest absolute Gasteiger partial charge is 0.374 e. The molecule has 0 bridgehead atoms. The molecule has 0 aliphatic carbocycles. The van der Waals surface area contributed by atoms with Crippen LogP contribution in [0.1, 0.15) is 25.3 Å². The van der Waals surface area contributed by atoms with Gasteiger partial charge >= 0.3 is 0 Å². The monoisotopic (exact) mass is 355 g/mol. The van der Waals surface area contributed by atoms with Gasteiger partial charge in [0.15, 0.2) is 0 Å². The van der Waals surface area contributed by atoms with E-state index in [1.54, 1.807) is 24.0 Å². The summed E-state index contributed by atoms with van der Waals surface area (Å²) in [5.74, 6) is -0.290. The van der Waals surface area contributed by atoms with Gasteiger partial charge in [-0.1, -0.05) is 12.1 Å². The van der Waals surface area contributed by atoms with Gasteiger partial charge in [0.25, 0.3) is 0 Å². The number of carbonyl (C=O) groups excluding carboxylic acids is 2. The SMILES string of the molecule is C[C@@H](Nc1ccc(N2CCCC2=O)cc1)C(=O)NCc1ccc(F)cc1. The van der Waals surface area contributed by atoms with E-state index in [2.05, 4.69) is 10.6 Å². The Balaban J connectivity index is 1.51. The number of rotatable bonds is 6. The predicted molar refractivity (Wildman–Crippen MR) is 99.4 cm³/mol. The molecule has 3 rings (SSSR count). The fourth-order valence-corrected chi connectivity index (χ4v) is 2.92. The molecule has 136 valence electrons. The lowest BCUT2D eigenvalue weighted by Gasteiger charge is -2.18. The fourth-order valence-electron chi connectivity index (χ4n) is 2.92. The van der Waals surface area contributed by atoms with Crippen LogP contribution in [0.25, 0.3) is 0 Å². The Morgan fingerprint density at radius 3 is 2.46 bits per heavy atom. The molecule has 1 aliphatic heterocycles. The number of nitrogens with zero attached hydrogens (tertiary/aromatic N) is 1. The fraction of sp³-hybridized carbons (Fsp3) is 0.300. The Morgan fingerprint density at radius 1 is 1.15 bits per heavy atom. The molecular weight excluding hydrogens is 333 g/mol. The van der Waals surface area contributed by atoms with Crippen molar-refractivity contribution in [2.45, 2.75) is 32.4 Å². The lowest BCUT2D eigenvalue weighted by molar-refractivity contribution is -0.121. The number of hydrogen-bond acceptors (Lipinski definition) is 3. The van der Waals surface area contributed by atoms with E-state index in [0.29, 0.717) is 13.0 Å². The topological polar surface area (TPSA) is 61.4 Å². The molecule has 2 aromatic rings. The smallest absolute Gasteiger partial charge is 0.242 e. The third-order valence-electron chi connectivity index (χ3n) is 4.41. The molecule has 0 saturated carbocycles. The summed E-state index contributed by atoms with van der Waals surface area (Å²) in [7, 11) is 0. The summed E-state index contributed by atoms with van der Waals surface area (Å²) in [5.41, 5.74) is 2.53. The molecule has 26 heavy (non-hydrogen) atoms. The Labute approximate surface area is 152 Å². The third kappa shape index (κ3) is 4.39. The van der Waals surface area contributed by atoms with E-state index < -0.39 is 6.04 Å². The van der Waals surface area contributed by atoms with E-state index in [1.165, 1.54) is 12.1 Å². The van der Waals surface area contributed by atoms with Crippen LogP contribution < -0.4 is 15.5 Å². The normalized spacial score (nSPS) is 15.0. The molecule has 1 atom stereocenters. The molecule has 1 heterocycles. The van der Waals surface area contributed by atoms with Crippen LogP contribution in [0.3, 0.4) is 0 Å². The average molecular weight is 355 g/mol. The van der Waals surface area contributed by atoms with E-state index in [-0.39, 0.29) is 17.6 Å². The van der Waals surface area contributed by atoms with Crippen LogP contribution in [0.4, 0.5) is 15.8 Å². The zero-order chi connectivity index (χ0) is 18.5. The highest BCUT2D eigenvalue weighted by Gasteiger charge is 2.21. The quantitative estimate of drug-likeness (QED) is 0.837. The first-order valence-electron chi connectivity index (χ1n) is 8.72. The van der Waals surface area contributed by atoms with Crippen molar-refractivity contribution in [3.63, 3.8) is 0 Å². The van der Waals surface area contributed by atoms with Gasteiger partial charge in [-0.05, 0) is 55.3 Å². The first kappa shape index (κ1) is 17.9. The van der Waals surface area contributed by atoms with Crippen LogP contribution in [0.2, 0.25) is 0 Å². The standard InChI is InChI=1S/C20H22FN3O2/c1-14(20(26)22-13-15-4-6-16(21)7-5-15)23-17-8-10-18(11-9-17)24-12-2-3-19(24)25/h4-11,14,23H,2-3,12-13H2,1H3,(H,22,26)/t14-/m1/s1. The van der Waals surface area contributed by atoms with Crippen LogP contribution in [-0.2, 0) is 16.1 Å². The highest BCUT2D eigenvalue weighted by atomic mass is 19.1. The molecule has 1 saturated heterocycles. The first-order chi connectivity index (χ1) is 12.5. The lowest BCUT2D eigenvalue weighted by Crippen LogP contribution is -2.37. The van der Waals surface area contributed by atoms with Crippen LogP contribution in [0, 0.1) is 5.82 Å². The van der Waals surface area contributed by atoms with Crippen LogP contribution >= 0.6 is 0 Å². The van der Waals surface area contributed by atoms with Crippen molar-refractivity contribution in [2.75, 3.05) is 16.8 Å². The molecule has 0 aromatic heterocycles. The summed E-state index contributed by atoms with van der Waals surface area (Å²) >= 11 is 0. The van der Waals surface area contributed by atoms with Crippen molar-refractivity contribution in [1.29, 1.82) is 0 Å². The number of halogens is 1. The van der Waals surface area contributed by atoms with Crippen LogP contribution in [-0.4, -0.2) is 24.4 Å². The molecule has 0 spiro atoms. The average Bonchev–Trinajstić information content (AvgIpc) is 3.07. The maximum atomic E-state index is 12.9. The Bertz CT molecular complexity index is 775. The second-order valence-electron chi connectivity index (χ2n) is 6.41. The van der Waals surface area contributed by atoms with Gasteiger partial charge in [0.2, 0.25) is 11.8 Å². The molecular formula is C20H22FN3O2. The van der Waals surface area contributed by atoms with Crippen molar-refractivity contribution >= 4 is 23.2 Å². The van der Waals surface area contributed by atoms with Gasteiger partial charge < -0.3 is 15.5 Å². The van der Waals surface area contributed by atoms with Crippen molar-refractivity contribution in [2.24, 2.45) is 0 Å². The molecule has 2 aromatic carbocycles. The number of benzene rings is 2. The highest BCUT2D eigenvalue weighted by Crippen LogP contribution is 2.23. The summed E-state index contributed by atoms with van der Waals surface area (Å²) in [5, 5.41) is 5.96. The van der Waals surface area contributed by atoms with Gasteiger partial charge in [-0.2, -0.15) is 0 Å². The number of amides is 2. The summed E-state index contributed by atoms with van der Waals surface area (Å²) in [6, 6.07) is 13.1. The number of nitrogens with one attached hydrogen (secondary N) is 2. The molecule has 2 N–H and O–H groups in total. The third-order valence-corrected chi connectivity index (χ3v) is 4.41. The Morgan fingerprint density at radius 2 is 1.85 bits per heavy atom. The van der Waals surface area contributed by atoms with Crippen molar-refractivity contribution in [3.05, 3.63) is 59.9 Å². The van der Waals surface area contributed by atoms with E-state index in [9.17, 15) is 14.0 Å². The van der Waals surface area contributed by atoms with Gasteiger partial charge in [-0.25, -0.2) is 4.39 Å². The molecule has 6 heteroatoms. The lowest BCUT2D eigenvalue weighted by atomic mass is 10.2. The number of anilines is 2. The summed E-state index contributed by atoms with van der Waals surface area (Å²) < 4.78 is 12.9. The second-order valence-corrected chi connectivity index (χ2v) is 6.41. The van der Waals surface area contributed by atoms with Gasteiger partial charge in [0.1, 0.15) is 11.9 Å². The summed E-state index contributed by atoms with van der Waals surface area (Å²) in [6.45, 7) is 2.88. The van der Waals surface area contributed by atoms with Crippen LogP contribution in [0.5, 0.6) is 0 Å². The van der Waals surface area contributed by atoms with Crippen LogP contribution in [0.15, 0.2) is 48.5 Å². The summed E-state index contributed by atoms with van der Waals surface area (Å²) in [4.78, 5) is 25.8. The predicted octanol–water partition coefficient (Wildman–Crippen LogP) is 3.07. The molecule has 1 aliphatic rings. The minimum atomic E-state index is -0.422. The molecule has 0 radical (unpaired) electrons. The van der Waals surface area contributed by atoms with Gasteiger partial charge in [0, 0.05) is 30.9 Å². The Hall–Kier alpha value is -2.89. The zero-order valence-corrected chi connectivity index (χ0v) is 14.7. The highest BCUT2D eigenvalue weighted by molar-refractivity contribution is 5.95. The molecule has 1 fully saturated rings. The van der Waals surface area contributed by atoms with E-state index in [1.807, 2.05) is 24.3 Å². The minimum absolute atomic E-state index is 0.145. The second kappa shape index (κ2) is 7.99. The summed E-state index contributed by atoms with van der Waals surface area (Å²) in [6.07, 6.45) is 1.50. The number of hydrogen-bond donors (Lipinski definition) is 2. The van der Waals surface area contributed by atoms with E-state index in [4.69, 9.17) is 0 Å². The van der Waals surface area contributed by atoms with Crippen molar-refractivity contribution < 1.29 is 14.0 Å². The van der Waals surface area contributed by atoms with Gasteiger partial charge in [0.05, 0.1) is 0 Å². The molecule has 5 nitrogen and oxygen atoms in total. The van der Waals surface area contributed by atoms with Crippen molar-refractivity contribution in [3.8, 4) is 0 Å². The van der Waals surface area contributed by atoms with E-state index in [0.717, 1.165) is 29.9 Å². The zero-order valence-electron chi connectivity index (χ0n) is 14.7. The maximum Gasteiger partial charge on any atom is 0.242 e. The number of carbonyl (C=O) groups is 2. The molecule has 0 unspecified atom stereocenters. The maximum absolute atomic E-state index is 12.9. The first-order valence-corrected chi connectivity index (χ1v) is 8.72.